The Kier molecular flexibility index (Phi) is 8.73. The molecule has 4 rings (SSSR count). The van der Waals surface area contributed by atoms with Gasteiger partial charge in [0.2, 0.25) is 5.88 Å². The third-order valence-corrected chi connectivity index (χ3v) is 5.07. The number of piperidine rings is 1. The number of nitrogens with two attached hydrogens (primary N) is 1. The summed E-state index contributed by atoms with van der Waals surface area (Å²) in [6.45, 7) is 2.26. The van der Waals surface area contributed by atoms with E-state index in [1.165, 1.54) is 0 Å². The minimum Gasteiger partial charge on any atom is -0.497 e. The average Bonchev–Trinajstić information content (AvgIpc) is 3.39. The van der Waals surface area contributed by atoms with Crippen molar-refractivity contribution >= 4 is 36.6 Å². The number of aromatic nitrogens is 3. The second kappa shape index (κ2) is 11.0. The van der Waals surface area contributed by atoms with Crippen LogP contribution in [0.2, 0.25) is 0 Å². The Morgan fingerprint density at radius 2 is 2.10 bits per heavy atom. The summed E-state index contributed by atoms with van der Waals surface area (Å²) >= 11 is 0. The fraction of sp³-hybridized carbons (Fsp3) is 0.350. The monoisotopic (exact) mass is 468 g/mol. The second-order valence-corrected chi connectivity index (χ2v) is 6.97. The van der Waals surface area contributed by atoms with Gasteiger partial charge >= 0.3 is 0 Å². The van der Waals surface area contributed by atoms with E-state index in [-0.39, 0.29) is 42.2 Å². The maximum Gasteiger partial charge on any atom is 0.259 e. The number of anilines is 1. The minimum absolute atomic E-state index is 0. The van der Waals surface area contributed by atoms with E-state index in [9.17, 15) is 4.79 Å². The SMILES string of the molecule is COc1cccc(CNC(=O)c2c(-c3ccn(C4CCNCC4)n3)noc2N)c1.Cl.Cl. The highest BCUT2D eigenvalue weighted by molar-refractivity contribution is 6.03. The van der Waals surface area contributed by atoms with E-state index in [1.54, 1.807) is 7.11 Å². The maximum absolute atomic E-state index is 12.8. The maximum atomic E-state index is 12.8. The molecular weight excluding hydrogens is 443 g/mol. The molecule has 0 atom stereocenters. The standard InChI is InChI=1S/C20H24N6O3.2ClH/c1-28-15-4-2-3-13(11-15)12-23-20(27)17-18(25-29-19(17)21)16-7-10-26(24-16)14-5-8-22-9-6-14;;/h2-4,7,10-11,14,22H,5-6,8-9,12,21H2,1H3,(H,23,27);2*1H. The smallest absolute Gasteiger partial charge is 0.259 e. The predicted molar refractivity (Wildman–Crippen MR) is 122 cm³/mol. The lowest BCUT2D eigenvalue weighted by Gasteiger charge is -2.22. The van der Waals surface area contributed by atoms with Crippen molar-refractivity contribution in [2.45, 2.75) is 25.4 Å². The number of nitrogen functional groups attached to an aromatic ring is 1. The Morgan fingerprint density at radius 3 is 2.84 bits per heavy atom. The number of rotatable bonds is 6. The molecule has 1 amide bonds. The zero-order valence-corrected chi connectivity index (χ0v) is 18.7. The molecule has 1 aliphatic rings. The summed E-state index contributed by atoms with van der Waals surface area (Å²) in [7, 11) is 1.60. The molecule has 1 saturated heterocycles. The number of methoxy groups -OCH3 is 1. The number of nitrogens with one attached hydrogen (secondary N) is 2. The summed E-state index contributed by atoms with van der Waals surface area (Å²) in [5.41, 5.74) is 7.91. The van der Waals surface area contributed by atoms with Gasteiger partial charge in [0.1, 0.15) is 22.7 Å². The van der Waals surface area contributed by atoms with Crippen LogP contribution in [-0.2, 0) is 6.54 Å². The summed E-state index contributed by atoms with van der Waals surface area (Å²) in [6.07, 6.45) is 3.93. The van der Waals surface area contributed by atoms with Crippen molar-refractivity contribution in [3.05, 3.63) is 47.7 Å². The van der Waals surface area contributed by atoms with Gasteiger partial charge in [-0.15, -0.1) is 24.8 Å². The van der Waals surface area contributed by atoms with Gasteiger partial charge in [-0.25, -0.2) is 0 Å². The predicted octanol–water partition coefficient (Wildman–Crippen LogP) is 2.83. The molecule has 0 spiro atoms. The van der Waals surface area contributed by atoms with Crippen molar-refractivity contribution in [1.82, 2.24) is 25.6 Å². The van der Waals surface area contributed by atoms with Crippen molar-refractivity contribution in [2.75, 3.05) is 25.9 Å². The van der Waals surface area contributed by atoms with E-state index < -0.39 is 0 Å². The molecule has 31 heavy (non-hydrogen) atoms. The second-order valence-electron chi connectivity index (χ2n) is 6.97. The minimum atomic E-state index is -0.363. The fourth-order valence-corrected chi connectivity index (χ4v) is 3.49. The third kappa shape index (κ3) is 5.49. The van der Waals surface area contributed by atoms with Gasteiger partial charge in [0.05, 0.1) is 13.2 Å². The average molecular weight is 469 g/mol. The van der Waals surface area contributed by atoms with Gasteiger partial charge in [-0.1, -0.05) is 17.3 Å². The van der Waals surface area contributed by atoms with Gasteiger partial charge in [0.15, 0.2) is 0 Å². The number of hydrogen-bond donors (Lipinski definition) is 3. The molecule has 3 aromatic rings. The quantitative estimate of drug-likeness (QED) is 0.508. The third-order valence-electron chi connectivity index (χ3n) is 5.07. The summed E-state index contributed by atoms with van der Waals surface area (Å²) < 4.78 is 12.2. The highest BCUT2D eigenvalue weighted by Crippen LogP contribution is 2.27. The van der Waals surface area contributed by atoms with E-state index in [0.29, 0.717) is 24.0 Å². The summed E-state index contributed by atoms with van der Waals surface area (Å²) in [4.78, 5) is 12.8. The van der Waals surface area contributed by atoms with E-state index in [1.807, 2.05) is 41.2 Å². The van der Waals surface area contributed by atoms with E-state index in [0.717, 1.165) is 37.2 Å². The molecule has 11 heteroatoms. The van der Waals surface area contributed by atoms with Crippen LogP contribution in [0, 0.1) is 0 Å². The van der Waals surface area contributed by atoms with E-state index in [2.05, 4.69) is 20.9 Å². The Bertz CT molecular complexity index is 1000. The molecule has 0 saturated carbocycles. The fourth-order valence-electron chi connectivity index (χ4n) is 3.49. The number of nitrogens with zero attached hydrogens (tertiary/aromatic N) is 3. The highest BCUT2D eigenvalue weighted by atomic mass is 35.5. The Hall–Kier alpha value is -2.75. The Labute approximate surface area is 192 Å². The van der Waals surface area contributed by atoms with Gasteiger partial charge in [-0.3, -0.25) is 9.48 Å². The van der Waals surface area contributed by atoms with Crippen LogP contribution in [0.1, 0.15) is 34.8 Å². The van der Waals surface area contributed by atoms with Crippen molar-refractivity contribution in [3.63, 3.8) is 0 Å². The van der Waals surface area contributed by atoms with E-state index >= 15 is 0 Å². The molecule has 168 valence electrons. The zero-order valence-electron chi connectivity index (χ0n) is 17.0. The molecular formula is C20H26Cl2N6O3. The summed E-state index contributed by atoms with van der Waals surface area (Å²) in [5, 5.41) is 14.8. The first kappa shape index (κ1) is 24.5. The summed E-state index contributed by atoms with van der Waals surface area (Å²) in [6, 6.07) is 9.64. The molecule has 3 heterocycles. The van der Waals surface area contributed by atoms with Crippen molar-refractivity contribution in [1.29, 1.82) is 0 Å². The lowest BCUT2D eigenvalue weighted by atomic mass is 10.1. The first-order valence-electron chi connectivity index (χ1n) is 9.58. The largest absolute Gasteiger partial charge is 0.497 e. The molecule has 1 fully saturated rings. The number of hydrogen-bond acceptors (Lipinski definition) is 7. The van der Waals surface area contributed by atoms with Crippen LogP contribution in [0.4, 0.5) is 5.88 Å². The number of amides is 1. The topological polar surface area (TPSA) is 120 Å². The van der Waals surface area contributed by atoms with Crippen LogP contribution >= 0.6 is 24.8 Å². The van der Waals surface area contributed by atoms with Gasteiger partial charge in [0, 0.05) is 12.7 Å². The number of ether oxygens (including phenoxy) is 1. The van der Waals surface area contributed by atoms with E-state index in [4.69, 9.17) is 15.0 Å². The molecule has 0 radical (unpaired) electrons. The van der Waals surface area contributed by atoms with Crippen LogP contribution in [-0.4, -0.2) is 41.0 Å². The van der Waals surface area contributed by atoms with Crippen molar-refractivity contribution < 1.29 is 14.1 Å². The lowest BCUT2D eigenvalue weighted by molar-refractivity contribution is 0.0952. The zero-order chi connectivity index (χ0) is 20.2. The Balaban J connectivity index is 0.00000171. The molecule has 2 aromatic heterocycles. The van der Waals surface area contributed by atoms with Gasteiger partial charge < -0.3 is 25.6 Å². The molecule has 0 unspecified atom stereocenters. The first-order valence-corrected chi connectivity index (χ1v) is 9.58. The number of carbonyl (C=O) groups is 1. The normalized spacial score (nSPS) is 13.7. The van der Waals surface area contributed by atoms with Crippen LogP contribution in [0.3, 0.4) is 0 Å². The van der Waals surface area contributed by atoms with Gasteiger partial charge in [-0.05, 0) is 49.7 Å². The van der Waals surface area contributed by atoms with Gasteiger partial charge in [0.25, 0.3) is 5.91 Å². The molecule has 0 aliphatic carbocycles. The molecule has 0 bridgehead atoms. The number of halogens is 2. The Morgan fingerprint density at radius 1 is 1.32 bits per heavy atom. The van der Waals surface area contributed by atoms with Crippen LogP contribution in [0.15, 0.2) is 41.1 Å². The van der Waals surface area contributed by atoms with Crippen molar-refractivity contribution in [3.8, 4) is 17.1 Å². The molecule has 1 aliphatic heterocycles. The molecule has 9 nitrogen and oxygen atoms in total. The van der Waals surface area contributed by atoms with Crippen LogP contribution in [0.25, 0.3) is 11.4 Å². The number of carbonyl (C=O) groups excluding carboxylic acids is 1. The van der Waals surface area contributed by atoms with Gasteiger partial charge in [-0.2, -0.15) is 5.10 Å². The first-order chi connectivity index (χ1) is 14.2. The highest BCUT2D eigenvalue weighted by Gasteiger charge is 2.25. The molecule has 1 aromatic carbocycles. The van der Waals surface area contributed by atoms with Crippen LogP contribution < -0.4 is 21.1 Å². The van der Waals surface area contributed by atoms with Crippen molar-refractivity contribution in [2.24, 2.45) is 0 Å². The lowest BCUT2D eigenvalue weighted by Crippen LogP contribution is -2.29. The summed E-state index contributed by atoms with van der Waals surface area (Å²) in [5.74, 6) is 0.336. The number of benzene rings is 1. The van der Waals surface area contributed by atoms with Crippen LogP contribution in [0.5, 0.6) is 5.75 Å². The molecule has 4 N–H and O–H groups in total.